The van der Waals surface area contributed by atoms with E-state index in [1.165, 1.54) is 11.3 Å². The fourth-order valence-corrected chi connectivity index (χ4v) is 4.50. The topological polar surface area (TPSA) is 69.0 Å². The zero-order valence-electron chi connectivity index (χ0n) is 17.7. The van der Waals surface area contributed by atoms with Crippen LogP contribution in [-0.2, 0) is 11.8 Å². The van der Waals surface area contributed by atoms with Gasteiger partial charge in [0.05, 0.1) is 21.3 Å². The number of hydrogen-bond donors (Lipinski definition) is 1. The molecule has 0 aliphatic carbocycles. The fraction of sp³-hybridized carbons (Fsp3) is 0.348. The van der Waals surface area contributed by atoms with Crippen molar-refractivity contribution < 1.29 is 9.53 Å². The number of carbonyl (C=O) groups excluding carboxylic acids is 1. The summed E-state index contributed by atoms with van der Waals surface area (Å²) < 4.78 is 8.52. The van der Waals surface area contributed by atoms with Gasteiger partial charge in [-0.15, -0.1) is 0 Å². The van der Waals surface area contributed by atoms with Crippen molar-refractivity contribution in [3.05, 3.63) is 47.0 Å². The van der Waals surface area contributed by atoms with Gasteiger partial charge in [-0.25, -0.2) is 9.97 Å². The first-order valence-electron chi connectivity index (χ1n) is 10.5. The Morgan fingerprint density at radius 2 is 1.97 bits per heavy atom. The monoisotopic (exact) mass is 456 g/mol. The Morgan fingerprint density at radius 3 is 2.81 bits per heavy atom. The molecule has 8 heteroatoms. The summed E-state index contributed by atoms with van der Waals surface area (Å²) in [6.07, 6.45) is 3.39. The number of benzene rings is 2. The molecule has 0 unspecified atom stereocenters. The number of thiazole rings is 1. The number of anilines is 2. The van der Waals surface area contributed by atoms with Gasteiger partial charge in [-0.1, -0.05) is 36.3 Å². The summed E-state index contributed by atoms with van der Waals surface area (Å²) in [6, 6.07) is 11.3. The molecule has 0 spiro atoms. The molecule has 6 nitrogen and oxygen atoms in total. The first kappa shape index (κ1) is 21.7. The minimum Gasteiger partial charge on any atom is -0.381 e. The Bertz CT molecular complexity index is 1220. The highest BCUT2D eigenvalue weighted by Crippen LogP contribution is 2.31. The summed E-state index contributed by atoms with van der Waals surface area (Å²) in [7, 11) is 1.94. The molecule has 31 heavy (non-hydrogen) atoms. The number of nitrogens with one attached hydrogen (secondary N) is 1. The van der Waals surface area contributed by atoms with Crippen LogP contribution in [-0.4, -0.2) is 33.5 Å². The van der Waals surface area contributed by atoms with Crippen LogP contribution in [0.15, 0.2) is 36.4 Å². The average Bonchev–Trinajstić information content (AvgIpc) is 3.30. The number of aromatic nitrogens is 3. The molecule has 162 valence electrons. The van der Waals surface area contributed by atoms with Crippen LogP contribution in [0, 0.1) is 0 Å². The molecule has 0 amide bonds. The number of carbonyl (C=O) groups is 1. The minimum atomic E-state index is 0.115. The molecule has 0 aliphatic rings. The van der Waals surface area contributed by atoms with E-state index in [0.717, 1.165) is 52.3 Å². The average molecular weight is 457 g/mol. The van der Waals surface area contributed by atoms with Gasteiger partial charge in [0.2, 0.25) is 5.95 Å². The quantitative estimate of drug-likeness (QED) is 0.222. The van der Waals surface area contributed by atoms with E-state index in [4.69, 9.17) is 16.3 Å². The number of imidazole rings is 1. The van der Waals surface area contributed by atoms with Gasteiger partial charge in [0.25, 0.3) is 0 Å². The zero-order valence-corrected chi connectivity index (χ0v) is 19.2. The summed E-state index contributed by atoms with van der Waals surface area (Å²) in [4.78, 5) is 21.8. The van der Waals surface area contributed by atoms with Gasteiger partial charge in [0.15, 0.2) is 10.9 Å². The molecule has 2 aromatic carbocycles. The second-order valence-corrected chi connectivity index (χ2v) is 8.91. The number of aryl methyl sites for hydroxylation is 1. The Balaban J connectivity index is 1.46. The van der Waals surface area contributed by atoms with E-state index in [1.807, 2.05) is 48.0 Å². The molecule has 4 aromatic rings. The van der Waals surface area contributed by atoms with Crippen LogP contribution in [0.1, 0.15) is 43.0 Å². The van der Waals surface area contributed by atoms with Gasteiger partial charge in [-0.2, -0.15) is 0 Å². The number of nitrogens with zero attached hydrogens (tertiary/aromatic N) is 3. The molecule has 0 bridgehead atoms. The first-order chi connectivity index (χ1) is 15.0. The van der Waals surface area contributed by atoms with Crippen molar-refractivity contribution in [3.63, 3.8) is 0 Å². The van der Waals surface area contributed by atoms with Gasteiger partial charge in [-0.3, -0.25) is 4.79 Å². The smallest absolute Gasteiger partial charge is 0.209 e. The number of ketones is 1. The number of ether oxygens (including phenoxy) is 1. The fourth-order valence-electron chi connectivity index (χ4n) is 3.36. The van der Waals surface area contributed by atoms with Crippen LogP contribution < -0.4 is 5.32 Å². The van der Waals surface area contributed by atoms with Crippen molar-refractivity contribution in [1.82, 2.24) is 14.5 Å². The first-order valence-corrected chi connectivity index (χ1v) is 11.6. The largest absolute Gasteiger partial charge is 0.381 e. The minimum absolute atomic E-state index is 0.115. The third-order valence-electron chi connectivity index (χ3n) is 5.11. The molecule has 4 rings (SSSR count). The van der Waals surface area contributed by atoms with Gasteiger partial charge < -0.3 is 14.6 Å². The Hall–Kier alpha value is -2.48. The third-order valence-corrected chi connectivity index (χ3v) is 6.28. The maximum atomic E-state index is 12.6. The molecule has 0 atom stereocenters. The van der Waals surface area contributed by atoms with E-state index in [9.17, 15) is 4.79 Å². The number of fused-ring (bicyclic) bond motifs is 2. The lowest BCUT2D eigenvalue weighted by Gasteiger charge is -2.04. The second kappa shape index (κ2) is 9.77. The number of rotatable bonds is 10. The lowest BCUT2D eigenvalue weighted by Crippen LogP contribution is -2.03. The van der Waals surface area contributed by atoms with Crippen LogP contribution in [0.5, 0.6) is 0 Å². The van der Waals surface area contributed by atoms with Crippen molar-refractivity contribution in [2.75, 3.05) is 18.5 Å². The molecule has 0 radical (unpaired) electrons. The molecular formula is C23H25ClN4O2S. The summed E-state index contributed by atoms with van der Waals surface area (Å²) in [5.41, 5.74) is 3.30. The number of unbranched alkanes of at least 4 members (excludes halogenated alkanes) is 1. The normalized spacial score (nSPS) is 11.5. The standard InChI is InChI=1S/C23H25ClN4O2S/c1-3-4-11-30-12-5-6-20(29)15-7-10-19-18(13-15)25-22(28(19)2)27-23-26-17-9-8-16(24)14-21(17)31-23/h7-10,13-14H,3-6,11-12H2,1-2H3,(H,25,26,27). The van der Waals surface area contributed by atoms with E-state index in [0.29, 0.717) is 29.6 Å². The number of Topliss-reactive ketones (excluding diaryl/α,β-unsaturated/α-hetero) is 1. The molecular weight excluding hydrogens is 432 g/mol. The van der Waals surface area contributed by atoms with E-state index in [2.05, 4.69) is 22.2 Å². The van der Waals surface area contributed by atoms with E-state index >= 15 is 0 Å². The summed E-state index contributed by atoms with van der Waals surface area (Å²) in [6.45, 7) is 3.53. The predicted molar refractivity (Wildman–Crippen MR) is 128 cm³/mol. The third kappa shape index (κ3) is 5.06. The zero-order chi connectivity index (χ0) is 21.8. The SMILES string of the molecule is CCCCOCCCC(=O)c1ccc2c(c1)nc(Nc1nc3ccc(Cl)cc3s1)n2C. The second-order valence-electron chi connectivity index (χ2n) is 7.45. The van der Waals surface area contributed by atoms with Crippen LogP contribution >= 0.6 is 22.9 Å². The number of hydrogen-bond acceptors (Lipinski definition) is 6. The Morgan fingerprint density at radius 1 is 1.13 bits per heavy atom. The molecule has 0 saturated carbocycles. The maximum Gasteiger partial charge on any atom is 0.209 e. The molecule has 1 N–H and O–H groups in total. The van der Waals surface area contributed by atoms with Crippen molar-refractivity contribution in [2.24, 2.45) is 7.05 Å². The van der Waals surface area contributed by atoms with Crippen LogP contribution in [0.4, 0.5) is 11.1 Å². The highest BCUT2D eigenvalue weighted by molar-refractivity contribution is 7.22. The van der Waals surface area contributed by atoms with Gasteiger partial charge >= 0.3 is 0 Å². The van der Waals surface area contributed by atoms with Crippen molar-refractivity contribution in [3.8, 4) is 0 Å². The van der Waals surface area contributed by atoms with Gasteiger partial charge in [0, 0.05) is 37.3 Å². The highest BCUT2D eigenvalue weighted by Gasteiger charge is 2.13. The molecule has 0 fully saturated rings. The predicted octanol–water partition coefficient (Wildman–Crippen LogP) is 6.36. The van der Waals surface area contributed by atoms with Crippen molar-refractivity contribution in [1.29, 1.82) is 0 Å². The summed E-state index contributed by atoms with van der Waals surface area (Å²) in [5.74, 6) is 0.790. The Labute approximate surface area is 190 Å². The molecule has 0 aliphatic heterocycles. The van der Waals surface area contributed by atoms with Crippen LogP contribution in [0.2, 0.25) is 5.02 Å². The summed E-state index contributed by atoms with van der Waals surface area (Å²) >= 11 is 7.60. The number of halogens is 1. The van der Waals surface area contributed by atoms with E-state index in [-0.39, 0.29) is 5.78 Å². The maximum absolute atomic E-state index is 12.6. The Kier molecular flexibility index (Phi) is 6.85. The lowest BCUT2D eigenvalue weighted by molar-refractivity contribution is 0.0935. The van der Waals surface area contributed by atoms with Gasteiger partial charge in [0.1, 0.15) is 0 Å². The van der Waals surface area contributed by atoms with Crippen LogP contribution in [0.3, 0.4) is 0 Å². The van der Waals surface area contributed by atoms with E-state index < -0.39 is 0 Å². The van der Waals surface area contributed by atoms with Crippen molar-refractivity contribution in [2.45, 2.75) is 32.6 Å². The highest BCUT2D eigenvalue weighted by atomic mass is 35.5. The molecule has 2 heterocycles. The summed E-state index contributed by atoms with van der Waals surface area (Å²) in [5, 5.41) is 4.73. The van der Waals surface area contributed by atoms with E-state index in [1.54, 1.807) is 0 Å². The molecule has 0 saturated heterocycles. The van der Waals surface area contributed by atoms with Gasteiger partial charge in [-0.05, 0) is 49.2 Å². The van der Waals surface area contributed by atoms with Crippen LogP contribution in [0.25, 0.3) is 21.3 Å². The lowest BCUT2D eigenvalue weighted by atomic mass is 10.1. The van der Waals surface area contributed by atoms with Crippen molar-refractivity contribution >= 4 is 61.1 Å². The molecule has 2 aromatic heterocycles.